The lowest BCUT2D eigenvalue weighted by Gasteiger charge is -2.16. The normalized spacial score (nSPS) is 11.7. The molecule has 0 spiro atoms. The lowest BCUT2D eigenvalue weighted by Crippen LogP contribution is -2.00. The molecule has 0 saturated carbocycles. The van der Waals surface area contributed by atoms with Crippen LogP contribution in [-0.4, -0.2) is 18.3 Å². The lowest BCUT2D eigenvalue weighted by molar-refractivity contribution is 0.668. The Morgan fingerprint density at radius 3 is 0.634 bits per heavy atom. The molecule has 23 aromatic carbocycles. The Hall–Kier alpha value is -19.3. The van der Waals surface area contributed by atoms with Crippen molar-refractivity contribution in [2.75, 3.05) is 0 Å². The number of para-hydroxylation sites is 9. The molecule has 30 rings (SSSR count). The summed E-state index contributed by atoms with van der Waals surface area (Å²) in [6.07, 6.45) is 0. The minimum absolute atomic E-state index is 0.910. The van der Waals surface area contributed by atoms with Gasteiger partial charge in [-0.3, -0.25) is 0 Å². The summed E-state index contributed by atoms with van der Waals surface area (Å²) in [5, 5.41) is 17.0. The van der Waals surface area contributed by atoms with Gasteiger partial charge in [-0.25, -0.2) is 0 Å². The minimum Gasteiger partial charge on any atom is -0.456 e. The average molecular weight is 1850 g/mol. The molecule has 30 aromatic rings. The highest BCUT2D eigenvalue weighted by Gasteiger charge is 2.23. The van der Waals surface area contributed by atoms with Crippen molar-refractivity contribution in [3.8, 4) is 123 Å². The van der Waals surface area contributed by atoms with Crippen molar-refractivity contribution in [1.82, 2.24) is 18.3 Å². The van der Waals surface area contributed by atoms with E-state index in [0.29, 0.717) is 0 Å². The smallest absolute Gasteiger partial charge is 0.136 e. The molecule has 0 aliphatic rings. The van der Waals surface area contributed by atoms with E-state index in [1.807, 2.05) is 36.4 Å². The van der Waals surface area contributed by atoms with Gasteiger partial charge in [-0.1, -0.05) is 376 Å². The second-order valence-corrected chi connectivity index (χ2v) is 37.7. The van der Waals surface area contributed by atoms with Gasteiger partial charge in [-0.05, 0) is 258 Å². The van der Waals surface area contributed by atoms with E-state index >= 15 is 0 Å². The van der Waals surface area contributed by atoms with Crippen LogP contribution in [-0.2, 0) is 0 Å². The molecule has 0 saturated heterocycles. The van der Waals surface area contributed by atoms with Crippen LogP contribution in [0.5, 0.6) is 0 Å². The first-order valence-electron chi connectivity index (χ1n) is 49.5. The summed E-state index contributed by atoms with van der Waals surface area (Å²) in [5.74, 6) is 0. The first-order valence-corrected chi connectivity index (χ1v) is 49.5. The van der Waals surface area contributed by atoms with E-state index in [1.165, 1.54) is 154 Å². The highest BCUT2D eigenvalue weighted by Crippen LogP contribution is 2.46. The van der Waals surface area contributed by atoms with Gasteiger partial charge in [-0.15, -0.1) is 0 Å². The predicted molar refractivity (Wildman–Crippen MR) is 607 cm³/mol. The van der Waals surface area contributed by atoms with E-state index in [0.717, 1.165) is 122 Å². The standard InChI is InChI=1S/C48H30N2O.C48H31NO.C42H27NO/c1-6-16-43-37(11-1)38-12-2-7-17-44(38)49(43)35-27-34(28-36(30-35)50-45-18-8-3-13-39(45)40-14-4-9-19-46(40)50)32-23-21-31(22-24-32)33-25-26-42-41-15-5-10-20-47(41)51-48(42)29-33;1-3-10-32(11-4-1)37-23-26-45-43(29-37)44-30-38(33-12-5-2-6-13-33)24-27-46(44)49(45)40-15-9-14-36(28-40)34-18-20-35(21-19-34)39-22-25-42-41-16-7-8-17-47(41)50-48(42)31-39;1-4-10-39-35(7-1)36-8-2-5-11-40(36)43(39)34-24-21-31(22-25-34)30-15-13-28(14-16-30)29-17-19-32(20-18-29)33-23-26-38-37-9-3-6-12-41(37)44-42(38)27-33/h1-30H;1-31H;1-27H. The zero-order chi connectivity index (χ0) is 95.5. The summed E-state index contributed by atoms with van der Waals surface area (Å²) >= 11 is 0. The van der Waals surface area contributed by atoms with E-state index < -0.39 is 0 Å². The Kier molecular flexibility index (Phi) is 20.2. The molecule has 7 heteroatoms. The van der Waals surface area contributed by atoms with Crippen LogP contribution >= 0.6 is 0 Å². The van der Waals surface area contributed by atoms with Crippen molar-refractivity contribution in [3.05, 3.63) is 534 Å². The molecule has 7 aromatic heterocycles. The fraction of sp³-hybridized carbons (Fsp3) is 0. The van der Waals surface area contributed by atoms with Gasteiger partial charge in [0.15, 0.2) is 0 Å². The topological polar surface area (TPSA) is 59.1 Å². The van der Waals surface area contributed by atoms with Gasteiger partial charge >= 0.3 is 0 Å². The summed E-state index contributed by atoms with van der Waals surface area (Å²) in [6, 6.07) is 192. The molecule has 0 unspecified atom stereocenters. The molecule has 0 aliphatic heterocycles. The fourth-order valence-corrected chi connectivity index (χ4v) is 22.3. The third-order valence-electron chi connectivity index (χ3n) is 29.4. The Labute approximate surface area is 835 Å². The van der Waals surface area contributed by atoms with E-state index in [9.17, 15) is 0 Å². The van der Waals surface area contributed by atoms with Gasteiger partial charge < -0.3 is 31.5 Å². The SMILES string of the molecule is c1ccc(-c2ccc3c(c2)c2cc(-c4ccccc4)ccc2n3-c2cccc(-c3ccc(-c4ccc5c(c4)oc4ccccc45)cc3)c2)cc1.c1ccc2c(c1)oc1cc(-c3ccc(-c4cc(-n5c6ccccc6c6ccccc65)cc(-n5c6ccccc6c6ccccc65)c4)cc3)ccc12.c1ccc2c(c1)oc1cc(-c3ccc(-c4ccc(-c5ccc(-n6c7ccccc7c7ccccc76)cc5)cc4)cc3)ccc12. The van der Waals surface area contributed by atoms with Gasteiger partial charge in [0.2, 0.25) is 0 Å². The molecule has 678 valence electrons. The van der Waals surface area contributed by atoms with E-state index in [-0.39, 0.29) is 0 Å². The molecular formula is C138H88N4O3. The van der Waals surface area contributed by atoms with Crippen molar-refractivity contribution in [1.29, 1.82) is 0 Å². The largest absolute Gasteiger partial charge is 0.456 e. The third-order valence-corrected chi connectivity index (χ3v) is 29.4. The molecule has 0 bridgehead atoms. The minimum atomic E-state index is 0.910. The second kappa shape index (κ2) is 34.9. The first kappa shape index (κ1) is 83.8. The maximum absolute atomic E-state index is 6.22. The van der Waals surface area contributed by atoms with Crippen LogP contribution in [0, 0.1) is 0 Å². The number of rotatable bonds is 13. The van der Waals surface area contributed by atoms with Crippen molar-refractivity contribution in [2.24, 2.45) is 0 Å². The molecule has 0 aliphatic carbocycles. The molecule has 0 amide bonds. The van der Waals surface area contributed by atoms with E-state index in [1.54, 1.807) is 0 Å². The second-order valence-electron chi connectivity index (χ2n) is 37.7. The summed E-state index contributed by atoms with van der Waals surface area (Å²) in [4.78, 5) is 0. The molecule has 7 heterocycles. The monoisotopic (exact) mass is 1850 g/mol. The number of hydrogen-bond donors (Lipinski definition) is 0. The third kappa shape index (κ3) is 14.7. The maximum atomic E-state index is 6.22. The Morgan fingerprint density at radius 1 is 0.0966 bits per heavy atom. The number of fused-ring (bicyclic) bond motifs is 21. The van der Waals surface area contributed by atoms with Crippen molar-refractivity contribution < 1.29 is 13.3 Å². The number of benzene rings is 23. The summed E-state index contributed by atoms with van der Waals surface area (Å²) in [5.41, 5.74) is 41.0. The van der Waals surface area contributed by atoms with Gasteiger partial charge in [-0.2, -0.15) is 0 Å². The molecular weight excluding hydrogens is 1760 g/mol. The number of hydrogen-bond acceptors (Lipinski definition) is 3. The van der Waals surface area contributed by atoms with Crippen LogP contribution in [0.15, 0.2) is 547 Å². The number of furan rings is 3. The molecule has 145 heavy (non-hydrogen) atoms. The van der Waals surface area contributed by atoms with Crippen LogP contribution in [0.25, 0.3) is 276 Å². The van der Waals surface area contributed by atoms with Gasteiger partial charge in [0.05, 0.1) is 44.1 Å². The quantitative estimate of drug-likeness (QED) is 0.116. The zero-order valence-electron chi connectivity index (χ0n) is 78.8. The van der Waals surface area contributed by atoms with Gasteiger partial charge in [0.1, 0.15) is 33.5 Å². The lowest BCUT2D eigenvalue weighted by atomic mass is 9.97. The highest BCUT2D eigenvalue weighted by atomic mass is 16.3. The van der Waals surface area contributed by atoms with E-state index in [4.69, 9.17) is 13.3 Å². The molecule has 0 radical (unpaired) electrons. The van der Waals surface area contributed by atoms with E-state index in [2.05, 4.69) is 516 Å². The van der Waals surface area contributed by atoms with Gasteiger partial charge in [0, 0.05) is 98.2 Å². The van der Waals surface area contributed by atoms with Crippen molar-refractivity contribution in [2.45, 2.75) is 0 Å². The molecule has 0 N–H and O–H groups in total. The zero-order valence-corrected chi connectivity index (χ0v) is 78.8. The van der Waals surface area contributed by atoms with Crippen molar-refractivity contribution >= 4 is 153 Å². The predicted octanol–water partition coefficient (Wildman–Crippen LogP) is 38.1. The maximum Gasteiger partial charge on any atom is 0.136 e. The van der Waals surface area contributed by atoms with Crippen LogP contribution in [0.2, 0.25) is 0 Å². The van der Waals surface area contributed by atoms with Crippen molar-refractivity contribution in [3.63, 3.8) is 0 Å². The highest BCUT2D eigenvalue weighted by molar-refractivity contribution is 6.16. The molecule has 0 fully saturated rings. The average Bonchev–Trinajstić information content (AvgIpc) is 1.58. The Morgan fingerprint density at radius 2 is 0.303 bits per heavy atom. The molecule has 0 atom stereocenters. The van der Waals surface area contributed by atoms with Crippen LogP contribution in [0.3, 0.4) is 0 Å². The first-order chi connectivity index (χ1) is 71.8. The number of aromatic nitrogens is 4. The number of nitrogens with zero attached hydrogens (tertiary/aromatic N) is 4. The Balaban J connectivity index is 0.000000106. The fourth-order valence-electron chi connectivity index (χ4n) is 22.3. The molecule has 7 nitrogen and oxygen atoms in total. The Bertz CT molecular complexity index is 9910. The summed E-state index contributed by atoms with van der Waals surface area (Å²) in [6.45, 7) is 0. The van der Waals surface area contributed by atoms with Gasteiger partial charge in [0.25, 0.3) is 0 Å². The van der Waals surface area contributed by atoms with Crippen LogP contribution in [0.4, 0.5) is 0 Å². The summed E-state index contributed by atoms with van der Waals surface area (Å²) < 4.78 is 28.1. The van der Waals surface area contributed by atoms with Crippen LogP contribution in [0.1, 0.15) is 0 Å². The summed E-state index contributed by atoms with van der Waals surface area (Å²) in [7, 11) is 0. The van der Waals surface area contributed by atoms with Crippen LogP contribution < -0.4 is 0 Å².